The van der Waals surface area contributed by atoms with Crippen molar-refractivity contribution in [3.05, 3.63) is 50.2 Å². The predicted molar refractivity (Wildman–Crippen MR) is 84.5 cm³/mol. The van der Waals surface area contributed by atoms with E-state index in [9.17, 15) is 9.59 Å². The molecule has 1 aromatic heterocycles. The average Bonchev–Trinajstić information content (AvgIpc) is 2.82. The van der Waals surface area contributed by atoms with Gasteiger partial charge in [-0.1, -0.05) is 11.6 Å². The number of hydrogen-bond donors (Lipinski definition) is 1. The van der Waals surface area contributed by atoms with Crippen molar-refractivity contribution < 1.29 is 14.3 Å². The molecule has 2 aromatic rings. The molecule has 0 bridgehead atoms. The number of methoxy groups -OCH3 is 1. The van der Waals surface area contributed by atoms with Gasteiger partial charge in [0.1, 0.15) is 4.88 Å². The number of benzene rings is 1. The highest BCUT2D eigenvalue weighted by Gasteiger charge is 2.19. The smallest absolute Gasteiger partial charge is 0.350 e. The van der Waals surface area contributed by atoms with Crippen molar-refractivity contribution in [2.24, 2.45) is 0 Å². The number of rotatable bonds is 3. The van der Waals surface area contributed by atoms with E-state index in [1.807, 2.05) is 13.8 Å². The first-order valence-corrected chi connectivity index (χ1v) is 7.43. The first kappa shape index (κ1) is 15.5. The maximum Gasteiger partial charge on any atom is 0.350 e. The van der Waals surface area contributed by atoms with Crippen LogP contribution in [0.3, 0.4) is 0 Å². The maximum absolute atomic E-state index is 12.3. The number of carbonyl (C=O) groups excluding carboxylic acids is 2. The number of esters is 1. The Labute approximate surface area is 131 Å². The molecule has 0 radical (unpaired) electrons. The van der Waals surface area contributed by atoms with Crippen LogP contribution in [0.2, 0.25) is 5.02 Å². The van der Waals surface area contributed by atoms with Gasteiger partial charge in [0.15, 0.2) is 0 Å². The second kappa shape index (κ2) is 6.28. The number of nitrogens with one attached hydrogen (secondary N) is 1. The monoisotopic (exact) mass is 323 g/mol. The third-order valence-corrected chi connectivity index (χ3v) is 4.51. The first-order chi connectivity index (χ1) is 9.93. The highest BCUT2D eigenvalue weighted by atomic mass is 35.5. The molecule has 0 saturated carbocycles. The van der Waals surface area contributed by atoms with Crippen LogP contribution in [0.5, 0.6) is 0 Å². The lowest BCUT2D eigenvalue weighted by Crippen LogP contribution is -2.15. The number of amides is 1. The zero-order chi connectivity index (χ0) is 15.6. The third kappa shape index (κ3) is 3.25. The van der Waals surface area contributed by atoms with E-state index in [-0.39, 0.29) is 5.91 Å². The topological polar surface area (TPSA) is 55.4 Å². The van der Waals surface area contributed by atoms with E-state index in [4.69, 9.17) is 16.3 Å². The van der Waals surface area contributed by atoms with Crippen molar-refractivity contribution in [2.75, 3.05) is 12.4 Å². The summed E-state index contributed by atoms with van der Waals surface area (Å²) in [4.78, 5) is 24.4. The van der Waals surface area contributed by atoms with Crippen molar-refractivity contribution in [2.45, 2.75) is 13.8 Å². The second-order valence-electron chi connectivity index (χ2n) is 4.53. The summed E-state index contributed by atoms with van der Waals surface area (Å²) in [5, 5.41) is 5.17. The Balaban J connectivity index is 2.29. The summed E-state index contributed by atoms with van der Waals surface area (Å²) in [5.74, 6) is -0.753. The van der Waals surface area contributed by atoms with Crippen molar-refractivity contribution in [1.29, 1.82) is 0 Å². The van der Waals surface area contributed by atoms with Crippen LogP contribution in [0.4, 0.5) is 5.69 Å². The van der Waals surface area contributed by atoms with Crippen LogP contribution in [0.1, 0.15) is 31.2 Å². The third-order valence-electron chi connectivity index (χ3n) is 3.00. The lowest BCUT2D eigenvalue weighted by atomic mass is 10.1. The van der Waals surface area contributed by atoms with Crippen molar-refractivity contribution in [3.8, 4) is 0 Å². The Morgan fingerprint density at radius 1 is 1.24 bits per heavy atom. The van der Waals surface area contributed by atoms with E-state index < -0.39 is 5.97 Å². The fourth-order valence-electron chi connectivity index (χ4n) is 1.81. The molecule has 0 fully saturated rings. The molecule has 1 N–H and O–H groups in total. The fourth-order valence-corrected chi connectivity index (χ4v) is 2.85. The zero-order valence-electron chi connectivity index (χ0n) is 11.8. The van der Waals surface area contributed by atoms with Crippen LogP contribution in [0, 0.1) is 13.8 Å². The molecule has 4 nitrogen and oxygen atoms in total. The zero-order valence-corrected chi connectivity index (χ0v) is 13.4. The Hall–Kier alpha value is -1.85. The molecule has 0 unspecified atom stereocenters. The minimum atomic E-state index is -0.462. The average molecular weight is 324 g/mol. The van der Waals surface area contributed by atoms with Gasteiger partial charge in [0.25, 0.3) is 5.91 Å². The van der Waals surface area contributed by atoms with Gasteiger partial charge < -0.3 is 10.1 Å². The highest BCUT2D eigenvalue weighted by Crippen LogP contribution is 2.29. The molecule has 6 heteroatoms. The van der Waals surface area contributed by atoms with E-state index in [0.717, 1.165) is 11.1 Å². The molecule has 0 aliphatic rings. The summed E-state index contributed by atoms with van der Waals surface area (Å²) in [6, 6.07) is 5.02. The van der Waals surface area contributed by atoms with E-state index >= 15 is 0 Å². The molecular formula is C15H14ClNO3S. The van der Waals surface area contributed by atoms with Crippen molar-refractivity contribution in [3.63, 3.8) is 0 Å². The molecule has 0 atom stereocenters. The lowest BCUT2D eigenvalue weighted by molar-refractivity contribution is 0.0607. The van der Waals surface area contributed by atoms with Crippen LogP contribution >= 0.6 is 22.9 Å². The van der Waals surface area contributed by atoms with Crippen molar-refractivity contribution >= 4 is 40.5 Å². The first-order valence-electron chi connectivity index (χ1n) is 6.18. The molecule has 2 rings (SSSR count). The number of hydrogen-bond acceptors (Lipinski definition) is 4. The number of aryl methyl sites for hydroxylation is 2. The van der Waals surface area contributed by atoms with E-state index in [1.54, 1.807) is 23.6 Å². The largest absolute Gasteiger partial charge is 0.465 e. The summed E-state index contributed by atoms with van der Waals surface area (Å²) in [5.41, 5.74) is 2.61. The highest BCUT2D eigenvalue weighted by molar-refractivity contribution is 7.12. The summed E-state index contributed by atoms with van der Waals surface area (Å²) in [6.45, 7) is 3.65. The van der Waals surface area contributed by atoms with Gasteiger partial charge in [-0.2, -0.15) is 0 Å². The summed E-state index contributed by atoms with van der Waals surface area (Å²) in [6.07, 6.45) is 0. The van der Waals surface area contributed by atoms with Gasteiger partial charge in [0, 0.05) is 10.6 Å². The van der Waals surface area contributed by atoms with E-state index in [1.165, 1.54) is 18.4 Å². The number of ether oxygens (including phenoxy) is 1. The Morgan fingerprint density at radius 2 is 1.95 bits per heavy atom. The van der Waals surface area contributed by atoms with Crippen LogP contribution in [-0.4, -0.2) is 19.0 Å². The summed E-state index contributed by atoms with van der Waals surface area (Å²) >= 11 is 7.19. The van der Waals surface area contributed by atoms with Gasteiger partial charge in [-0.25, -0.2) is 4.79 Å². The maximum atomic E-state index is 12.3. The molecule has 21 heavy (non-hydrogen) atoms. The van der Waals surface area contributed by atoms with Gasteiger partial charge in [-0.05, 0) is 48.6 Å². The number of anilines is 1. The molecular weight excluding hydrogens is 310 g/mol. The molecule has 1 aromatic carbocycles. The van der Waals surface area contributed by atoms with Crippen molar-refractivity contribution in [1.82, 2.24) is 0 Å². The molecule has 1 amide bonds. The summed E-state index contributed by atoms with van der Waals surface area (Å²) < 4.78 is 4.72. The summed E-state index contributed by atoms with van der Waals surface area (Å²) in [7, 11) is 1.31. The number of thiophene rings is 1. The molecule has 0 saturated heterocycles. The normalized spacial score (nSPS) is 10.3. The van der Waals surface area contributed by atoms with Crippen LogP contribution < -0.4 is 5.32 Å². The fraction of sp³-hybridized carbons (Fsp3) is 0.200. The van der Waals surface area contributed by atoms with Crippen LogP contribution in [0.15, 0.2) is 23.6 Å². The SMILES string of the molecule is COC(=O)c1scc(C)c1NC(=O)c1ccc(Cl)c(C)c1. The minimum Gasteiger partial charge on any atom is -0.465 e. The minimum absolute atomic E-state index is 0.290. The standard InChI is InChI=1S/C15H14ClNO3S/c1-8-6-10(4-5-11(8)16)14(18)17-12-9(2)7-21-13(12)15(19)20-3/h4-7H,1-3H3,(H,17,18). The Kier molecular flexibility index (Phi) is 4.65. The Bertz CT molecular complexity index is 709. The number of carbonyl (C=O) groups is 2. The number of halogens is 1. The van der Waals surface area contributed by atoms with Crippen LogP contribution in [0.25, 0.3) is 0 Å². The van der Waals surface area contributed by atoms with Gasteiger partial charge >= 0.3 is 5.97 Å². The van der Waals surface area contributed by atoms with Crippen LogP contribution in [-0.2, 0) is 4.74 Å². The predicted octanol–water partition coefficient (Wildman–Crippen LogP) is 4.06. The molecule has 0 aliphatic heterocycles. The van der Waals surface area contributed by atoms with E-state index in [0.29, 0.717) is 21.2 Å². The molecule has 1 heterocycles. The lowest BCUT2D eigenvalue weighted by Gasteiger charge is -2.08. The quantitative estimate of drug-likeness (QED) is 0.867. The van der Waals surface area contributed by atoms with E-state index in [2.05, 4.69) is 5.32 Å². The molecule has 110 valence electrons. The Morgan fingerprint density at radius 3 is 2.57 bits per heavy atom. The molecule has 0 aliphatic carbocycles. The second-order valence-corrected chi connectivity index (χ2v) is 5.82. The van der Waals surface area contributed by atoms with Gasteiger partial charge in [0.2, 0.25) is 0 Å². The van der Waals surface area contributed by atoms with Gasteiger partial charge in [-0.15, -0.1) is 11.3 Å². The molecule has 0 spiro atoms. The van der Waals surface area contributed by atoms with Gasteiger partial charge in [0.05, 0.1) is 12.8 Å². The van der Waals surface area contributed by atoms with Gasteiger partial charge in [-0.3, -0.25) is 4.79 Å².